The summed E-state index contributed by atoms with van der Waals surface area (Å²) in [6.07, 6.45) is 8.42. The third-order valence-electron chi connectivity index (χ3n) is 6.49. The van der Waals surface area contributed by atoms with E-state index in [1.54, 1.807) is 6.20 Å². The van der Waals surface area contributed by atoms with Crippen molar-refractivity contribution in [2.24, 2.45) is 0 Å². The molecular formula is C26H37FN4O. The van der Waals surface area contributed by atoms with E-state index >= 15 is 0 Å². The molecule has 0 spiro atoms. The molecule has 2 heterocycles. The van der Waals surface area contributed by atoms with E-state index in [4.69, 9.17) is 5.73 Å². The third-order valence-corrected chi connectivity index (χ3v) is 6.49. The minimum atomic E-state index is -0.285. The van der Waals surface area contributed by atoms with Crippen LogP contribution in [0.1, 0.15) is 74.2 Å². The molecule has 2 fully saturated rings. The lowest BCUT2D eigenvalue weighted by Gasteiger charge is -2.23. The molecule has 2 aliphatic rings. The Hall–Kier alpha value is -2.47. The number of benzene rings is 1. The lowest BCUT2D eigenvalue weighted by molar-refractivity contribution is 0.0928. The van der Waals surface area contributed by atoms with Crippen molar-refractivity contribution in [1.29, 1.82) is 0 Å². The molecule has 32 heavy (non-hydrogen) atoms. The van der Waals surface area contributed by atoms with Gasteiger partial charge in [-0.15, -0.1) is 0 Å². The Bertz CT molecular complexity index is 865. The van der Waals surface area contributed by atoms with Crippen LogP contribution in [-0.4, -0.2) is 48.1 Å². The molecule has 1 atom stereocenters. The molecular weight excluding hydrogens is 403 g/mol. The van der Waals surface area contributed by atoms with Crippen molar-refractivity contribution in [3.63, 3.8) is 0 Å². The molecule has 1 saturated heterocycles. The first-order chi connectivity index (χ1) is 15.6. The summed E-state index contributed by atoms with van der Waals surface area (Å²) >= 11 is 0. The first-order valence-corrected chi connectivity index (χ1v) is 12.1. The lowest BCUT2D eigenvalue weighted by Crippen LogP contribution is -2.36. The molecule has 5 nitrogen and oxygen atoms in total. The monoisotopic (exact) mass is 440 g/mol. The predicted molar refractivity (Wildman–Crippen MR) is 130 cm³/mol. The van der Waals surface area contributed by atoms with Crippen molar-refractivity contribution in [3.05, 3.63) is 47.7 Å². The van der Waals surface area contributed by atoms with Crippen molar-refractivity contribution in [2.75, 3.05) is 32.0 Å². The summed E-state index contributed by atoms with van der Waals surface area (Å²) < 4.78 is 12.6. The van der Waals surface area contributed by atoms with Gasteiger partial charge in [-0.1, -0.05) is 57.4 Å². The van der Waals surface area contributed by atoms with Gasteiger partial charge >= 0.3 is 0 Å². The van der Waals surface area contributed by atoms with Gasteiger partial charge in [-0.25, -0.2) is 9.37 Å². The molecule has 1 aliphatic carbocycles. The lowest BCUT2D eigenvalue weighted by atomic mass is 9.95. The maximum absolute atomic E-state index is 12.8. The van der Waals surface area contributed by atoms with Gasteiger partial charge in [-0.05, 0) is 48.9 Å². The fourth-order valence-electron chi connectivity index (χ4n) is 4.70. The summed E-state index contributed by atoms with van der Waals surface area (Å²) in [5.74, 6) is 0.582. The predicted octanol–water partition coefficient (Wildman–Crippen LogP) is 5.18. The number of hydrogen-bond acceptors (Lipinski definition) is 4. The number of rotatable bonds is 6. The van der Waals surface area contributed by atoms with Crippen molar-refractivity contribution in [1.82, 2.24) is 15.2 Å². The normalized spacial score (nSPS) is 19.3. The summed E-state index contributed by atoms with van der Waals surface area (Å²) in [5, 5.41) is 3.13. The number of pyridine rings is 1. The molecule has 0 bridgehead atoms. The molecule has 174 valence electrons. The van der Waals surface area contributed by atoms with Crippen molar-refractivity contribution in [2.45, 2.75) is 64.3 Å². The quantitative estimate of drug-likeness (QED) is 0.649. The topological polar surface area (TPSA) is 71.2 Å². The second-order valence-corrected chi connectivity index (χ2v) is 8.56. The van der Waals surface area contributed by atoms with Gasteiger partial charge in [0.05, 0.1) is 5.56 Å². The first kappa shape index (κ1) is 24.2. The molecule has 4 rings (SSSR count). The average molecular weight is 441 g/mol. The van der Waals surface area contributed by atoms with Crippen molar-refractivity contribution >= 4 is 11.7 Å². The molecule has 0 radical (unpaired) electrons. The third kappa shape index (κ3) is 6.06. The number of anilines is 1. The number of likely N-dealkylation sites (tertiary alicyclic amines) is 1. The zero-order valence-electron chi connectivity index (χ0n) is 19.4. The van der Waals surface area contributed by atoms with Crippen LogP contribution in [0.4, 0.5) is 10.2 Å². The van der Waals surface area contributed by atoms with Gasteiger partial charge in [0.15, 0.2) is 0 Å². The van der Waals surface area contributed by atoms with Crippen LogP contribution in [0.25, 0.3) is 11.1 Å². The van der Waals surface area contributed by atoms with Crippen LogP contribution >= 0.6 is 0 Å². The van der Waals surface area contributed by atoms with Crippen molar-refractivity contribution < 1.29 is 9.18 Å². The highest BCUT2D eigenvalue weighted by atomic mass is 19.1. The summed E-state index contributed by atoms with van der Waals surface area (Å²) in [6, 6.07) is 10.5. The Kier molecular flexibility index (Phi) is 9.03. The largest absolute Gasteiger partial charge is 0.383 e. The van der Waals surface area contributed by atoms with Gasteiger partial charge in [0.25, 0.3) is 5.91 Å². The van der Waals surface area contributed by atoms with Gasteiger partial charge in [-0.2, -0.15) is 0 Å². The van der Waals surface area contributed by atoms with E-state index in [1.807, 2.05) is 19.9 Å². The standard InChI is InChI=1S/C24H31FN4O.C2H6/c25-11-13-29-12-10-19(16-29)17-6-8-18(9-7-17)20-14-22(23(26)27-15-20)24(30)28-21-4-2-1-3-5-21;1-2/h6-9,14-15,19,21H,1-5,10-13,16H2,(H2,26,27)(H,28,30);1-2H3. The Labute approximate surface area is 191 Å². The van der Waals surface area contributed by atoms with E-state index in [0.29, 0.717) is 18.0 Å². The number of carbonyl (C=O) groups is 1. The highest BCUT2D eigenvalue weighted by Crippen LogP contribution is 2.30. The SMILES string of the molecule is CC.Nc1ncc(-c2ccc(C3CCN(CCF)C3)cc2)cc1C(=O)NC1CCCCC1. The Morgan fingerprint density at radius 2 is 1.84 bits per heavy atom. The second kappa shape index (κ2) is 12.0. The van der Waals surface area contributed by atoms with E-state index in [1.165, 1.54) is 12.0 Å². The smallest absolute Gasteiger partial charge is 0.255 e. The number of nitrogens with one attached hydrogen (secondary N) is 1. The van der Waals surface area contributed by atoms with Gasteiger partial charge < -0.3 is 16.0 Å². The van der Waals surface area contributed by atoms with Crippen LogP contribution in [0.3, 0.4) is 0 Å². The Balaban J connectivity index is 0.00000141. The molecule has 3 N–H and O–H groups in total. The number of halogens is 1. The number of nitrogen functional groups attached to an aromatic ring is 1. The molecule has 2 aromatic rings. The van der Waals surface area contributed by atoms with Gasteiger partial charge in [0, 0.05) is 30.9 Å². The molecule has 1 aliphatic heterocycles. The maximum atomic E-state index is 12.8. The van der Waals surface area contributed by atoms with Crippen LogP contribution in [-0.2, 0) is 0 Å². The highest BCUT2D eigenvalue weighted by Gasteiger charge is 2.23. The Morgan fingerprint density at radius 3 is 2.53 bits per heavy atom. The number of carbonyl (C=O) groups excluding carboxylic acids is 1. The van der Waals surface area contributed by atoms with Gasteiger partial charge in [0.2, 0.25) is 0 Å². The van der Waals surface area contributed by atoms with Crippen LogP contribution in [0.2, 0.25) is 0 Å². The minimum Gasteiger partial charge on any atom is -0.383 e. The molecule has 1 amide bonds. The summed E-state index contributed by atoms with van der Waals surface area (Å²) in [6.45, 7) is 6.11. The molecule has 1 aromatic carbocycles. The number of nitrogens with two attached hydrogens (primary N) is 1. The van der Waals surface area contributed by atoms with Crippen molar-refractivity contribution in [3.8, 4) is 11.1 Å². The van der Waals surface area contributed by atoms with Crippen LogP contribution in [0.15, 0.2) is 36.5 Å². The van der Waals surface area contributed by atoms with E-state index in [-0.39, 0.29) is 24.4 Å². The molecule has 1 aromatic heterocycles. The molecule has 1 unspecified atom stereocenters. The molecule has 1 saturated carbocycles. The van der Waals surface area contributed by atoms with E-state index in [0.717, 1.165) is 56.3 Å². The second-order valence-electron chi connectivity index (χ2n) is 8.56. The van der Waals surface area contributed by atoms with Crippen LogP contribution in [0.5, 0.6) is 0 Å². The Morgan fingerprint density at radius 1 is 1.12 bits per heavy atom. The number of hydrogen-bond donors (Lipinski definition) is 2. The van der Waals surface area contributed by atoms with E-state index in [2.05, 4.69) is 39.5 Å². The summed E-state index contributed by atoms with van der Waals surface area (Å²) in [5.41, 5.74) is 9.63. The minimum absolute atomic E-state index is 0.135. The molecule has 6 heteroatoms. The van der Waals surface area contributed by atoms with Gasteiger partial charge in [-0.3, -0.25) is 4.79 Å². The van der Waals surface area contributed by atoms with E-state index < -0.39 is 0 Å². The van der Waals surface area contributed by atoms with E-state index in [9.17, 15) is 9.18 Å². The van der Waals surface area contributed by atoms with Crippen LogP contribution in [0, 0.1) is 0 Å². The van der Waals surface area contributed by atoms with Crippen LogP contribution < -0.4 is 11.1 Å². The zero-order chi connectivity index (χ0) is 22.9. The highest BCUT2D eigenvalue weighted by molar-refractivity contribution is 5.99. The number of alkyl halides is 1. The zero-order valence-corrected chi connectivity index (χ0v) is 19.4. The maximum Gasteiger partial charge on any atom is 0.255 e. The summed E-state index contributed by atoms with van der Waals surface area (Å²) in [7, 11) is 0. The first-order valence-electron chi connectivity index (χ1n) is 12.1. The number of nitrogens with zero attached hydrogens (tertiary/aromatic N) is 2. The summed E-state index contributed by atoms with van der Waals surface area (Å²) in [4.78, 5) is 19.2. The number of aromatic nitrogens is 1. The number of amides is 1. The fraction of sp³-hybridized carbons (Fsp3) is 0.538. The fourth-order valence-corrected chi connectivity index (χ4v) is 4.70. The average Bonchev–Trinajstić information content (AvgIpc) is 3.30. The van der Waals surface area contributed by atoms with Gasteiger partial charge in [0.1, 0.15) is 12.5 Å².